The van der Waals surface area contributed by atoms with Gasteiger partial charge >= 0.3 is 0 Å². The van der Waals surface area contributed by atoms with E-state index in [0.717, 1.165) is 18.4 Å². The minimum Gasteiger partial charge on any atom is -0.229 e. The molecule has 0 saturated carbocycles. The maximum Gasteiger partial charge on any atom is 0.151 e. The van der Waals surface area contributed by atoms with Gasteiger partial charge in [-0.3, -0.25) is 0 Å². The SMILES string of the molecule is CC(C(Cl)Cc1ccc(F)cc1F)S(C)(=O)=O. The lowest BCUT2D eigenvalue weighted by Crippen LogP contribution is -2.28. The van der Waals surface area contributed by atoms with E-state index in [9.17, 15) is 17.2 Å². The summed E-state index contributed by atoms with van der Waals surface area (Å²) in [6.07, 6.45) is 1.12. The average Bonchev–Trinajstić information content (AvgIpc) is 2.19. The van der Waals surface area contributed by atoms with E-state index < -0.39 is 32.1 Å². The molecule has 0 aliphatic carbocycles. The van der Waals surface area contributed by atoms with Crippen molar-refractivity contribution < 1.29 is 17.2 Å². The van der Waals surface area contributed by atoms with Crippen molar-refractivity contribution in [1.82, 2.24) is 0 Å². The highest BCUT2D eigenvalue weighted by Crippen LogP contribution is 2.19. The van der Waals surface area contributed by atoms with Crippen molar-refractivity contribution >= 4 is 21.4 Å². The third-order valence-electron chi connectivity index (χ3n) is 2.61. The molecule has 17 heavy (non-hydrogen) atoms. The van der Waals surface area contributed by atoms with E-state index in [4.69, 9.17) is 11.6 Å². The lowest BCUT2D eigenvalue weighted by Gasteiger charge is -2.16. The van der Waals surface area contributed by atoms with Crippen LogP contribution >= 0.6 is 11.6 Å². The normalized spacial score (nSPS) is 15.6. The summed E-state index contributed by atoms with van der Waals surface area (Å²) in [5.41, 5.74) is 0.210. The van der Waals surface area contributed by atoms with Crippen molar-refractivity contribution in [3.8, 4) is 0 Å². The molecule has 0 radical (unpaired) electrons. The van der Waals surface area contributed by atoms with Crippen LogP contribution < -0.4 is 0 Å². The Morgan fingerprint density at radius 1 is 1.35 bits per heavy atom. The summed E-state index contributed by atoms with van der Waals surface area (Å²) in [5.74, 6) is -1.38. The summed E-state index contributed by atoms with van der Waals surface area (Å²) in [7, 11) is -3.27. The lowest BCUT2D eigenvalue weighted by molar-refractivity contribution is 0.563. The van der Waals surface area contributed by atoms with Gasteiger partial charge in [-0.05, 0) is 25.0 Å². The van der Waals surface area contributed by atoms with E-state index in [1.807, 2.05) is 0 Å². The molecule has 96 valence electrons. The molecule has 2 nitrogen and oxygen atoms in total. The molecule has 0 N–H and O–H groups in total. The second-order valence-corrected chi connectivity index (χ2v) is 6.95. The van der Waals surface area contributed by atoms with Crippen molar-refractivity contribution in [1.29, 1.82) is 0 Å². The maximum absolute atomic E-state index is 13.3. The van der Waals surface area contributed by atoms with Crippen LogP contribution in [0.5, 0.6) is 0 Å². The van der Waals surface area contributed by atoms with Gasteiger partial charge in [-0.15, -0.1) is 11.6 Å². The van der Waals surface area contributed by atoms with Crippen molar-refractivity contribution in [2.75, 3.05) is 6.26 Å². The van der Waals surface area contributed by atoms with E-state index in [2.05, 4.69) is 0 Å². The summed E-state index contributed by atoms with van der Waals surface area (Å²) < 4.78 is 48.5. The fourth-order valence-electron chi connectivity index (χ4n) is 1.33. The van der Waals surface area contributed by atoms with Crippen molar-refractivity contribution in [2.45, 2.75) is 24.0 Å². The van der Waals surface area contributed by atoms with Gasteiger partial charge in [0.15, 0.2) is 9.84 Å². The van der Waals surface area contributed by atoms with Crippen LogP contribution in [-0.4, -0.2) is 25.3 Å². The van der Waals surface area contributed by atoms with Crippen molar-refractivity contribution in [3.63, 3.8) is 0 Å². The number of hydrogen-bond donors (Lipinski definition) is 0. The van der Waals surface area contributed by atoms with Crippen LogP contribution in [0, 0.1) is 11.6 Å². The van der Waals surface area contributed by atoms with Crippen LogP contribution in [-0.2, 0) is 16.3 Å². The van der Waals surface area contributed by atoms with Crippen LogP contribution in [0.15, 0.2) is 18.2 Å². The van der Waals surface area contributed by atoms with Crippen LogP contribution in [0.3, 0.4) is 0 Å². The van der Waals surface area contributed by atoms with Gasteiger partial charge in [0.25, 0.3) is 0 Å². The molecule has 1 rings (SSSR count). The van der Waals surface area contributed by atoms with Gasteiger partial charge in [-0.1, -0.05) is 6.07 Å². The minimum absolute atomic E-state index is 0.0436. The highest BCUT2D eigenvalue weighted by molar-refractivity contribution is 7.91. The fraction of sp³-hybridized carbons (Fsp3) is 0.455. The Balaban J connectivity index is 2.85. The zero-order chi connectivity index (χ0) is 13.2. The Labute approximate surface area is 105 Å². The molecule has 1 aromatic carbocycles. The molecule has 0 saturated heterocycles. The van der Waals surface area contributed by atoms with Gasteiger partial charge < -0.3 is 0 Å². The first-order chi connectivity index (χ1) is 7.71. The summed E-state index contributed by atoms with van der Waals surface area (Å²) in [5, 5.41) is -1.53. The van der Waals surface area contributed by atoms with E-state index >= 15 is 0 Å². The monoisotopic (exact) mass is 282 g/mol. The molecule has 1 aromatic rings. The average molecular weight is 283 g/mol. The Bertz CT molecular complexity index is 502. The predicted octanol–water partition coefficient (Wildman–Crippen LogP) is 2.55. The van der Waals surface area contributed by atoms with Gasteiger partial charge in [-0.2, -0.15) is 0 Å². The second kappa shape index (κ2) is 5.31. The molecule has 0 aliphatic heterocycles. The zero-order valence-electron chi connectivity index (χ0n) is 9.45. The van der Waals surface area contributed by atoms with Crippen LogP contribution in [0.1, 0.15) is 12.5 Å². The molecule has 0 spiro atoms. The Morgan fingerprint density at radius 2 is 1.94 bits per heavy atom. The number of benzene rings is 1. The fourth-order valence-corrected chi connectivity index (χ4v) is 2.69. The topological polar surface area (TPSA) is 34.1 Å². The molecule has 0 bridgehead atoms. The highest BCUT2D eigenvalue weighted by Gasteiger charge is 2.25. The van der Waals surface area contributed by atoms with Crippen LogP contribution in [0.2, 0.25) is 0 Å². The first kappa shape index (κ1) is 14.4. The number of rotatable bonds is 4. The molecule has 0 fully saturated rings. The third-order valence-corrected chi connectivity index (χ3v) is 4.98. The molecule has 0 aliphatic rings. The minimum atomic E-state index is -3.27. The van der Waals surface area contributed by atoms with E-state index in [1.165, 1.54) is 13.0 Å². The van der Waals surface area contributed by atoms with Gasteiger partial charge in [0.1, 0.15) is 11.6 Å². The predicted molar refractivity (Wildman–Crippen MR) is 64.0 cm³/mol. The summed E-state index contributed by atoms with van der Waals surface area (Å²) in [6, 6.07) is 3.15. The van der Waals surface area contributed by atoms with Crippen molar-refractivity contribution in [2.24, 2.45) is 0 Å². The number of sulfone groups is 1. The largest absolute Gasteiger partial charge is 0.229 e. The maximum atomic E-state index is 13.3. The second-order valence-electron chi connectivity index (χ2n) is 3.99. The lowest BCUT2D eigenvalue weighted by atomic mass is 10.1. The molecule has 0 amide bonds. The number of hydrogen-bond acceptors (Lipinski definition) is 2. The Hall–Kier alpha value is -0.680. The van der Waals surface area contributed by atoms with E-state index in [1.54, 1.807) is 0 Å². The van der Waals surface area contributed by atoms with Gasteiger partial charge in [-0.25, -0.2) is 17.2 Å². The first-order valence-corrected chi connectivity index (χ1v) is 7.37. The van der Waals surface area contributed by atoms with E-state index in [-0.39, 0.29) is 12.0 Å². The smallest absolute Gasteiger partial charge is 0.151 e. The third kappa shape index (κ3) is 3.92. The Morgan fingerprint density at radius 3 is 2.41 bits per heavy atom. The molecule has 2 atom stereocenters. The molecular formula is C11H13ClF2O2S. The zero-order valence-corrected chi connectivity index (χ0v) is 11.0. The van der Waals surface area contributed by atoms with E-state index in [0.29, 0.717) is 0 Å². The number of halogens is 3. The highest BCUT2D eigenvalue weighted by atomic mass is 35.5. The quantitative estimate of drug-likeness (QED) is 0.796. The van der Waals surface area contributed by atoms with Crippen molar-refractivity contribution in [3.05, 3.63) is 35.4 Å². The molecular weight excluding hydrogens is 270 g/mol. The first-order valence-electron chi connectivity index (χ1n) is 4.98. The molecule has 2 unspecified atom stereocenters. The molecule has 6 heteroatoms. The van der Waals surface area contributed by atoms with Gasteiger partial charge in [0.2, 0.25) is 0 Å². The Kier molecular flexibility index (Phi) is 4.49. The van der Waals surface area contributed by atoms with Gasteiger partial charge in [0.05, 0.1) is 10.6 Å². The van der Waals surface area contributed by atoms with Gasteiger partial charge in [0, 0.05) is 12.3 Å². The summed E-state index contributed by atoms with van der Waals surface area (Å²) in [6.45, 7) is 1.47. The summed E-state index contributed by atoms with van der Waals surface area (Å²) in [4.78, 5) is 0. The number of alkyl halides is 1. The molecule has 0 aromatic heterocycles. The molecule has 0 heterocycles. The van der Waals surface area contributed by atoms with Crippen LogP contribution in [0.25, 0.3) is 0 Å². The summed E-state index contributed by atoms with van der Waals surface area (Å²) >= 11 is 5.92. The standard InChI is InChI=1S/C11H13ClF2O2S/c1-7(17(2,15)16)10(12)5-8-3-4-9(13)6-11(8)14/h3-4,6-7,10H,5H2,1-2H3. The van der Waals surface area contributed by atoms with Crippen LogP contribution in [0.4, 0.5) is 8.78 Å².